The molecule has 0 saturated heterocycles. The summed E-state index contributed by atoms with van der Waals surface area (Å²) in [6, 6.07) is 15.1. The number of hydrogen-bond donors (Lipinski definition) is 1. The summed E-state index contributed by atoms with van der Waals surface area (Å²) >= 11 is 1.48. The van der Waals surface area contributed by atoms with E-state index in [4.69, 9.17) is 4.52 Å². The quantitative estimate of drug-likeness (QED) is 0.461. The fourth-order valence-corrected chi connectivity index (χ4v) is 5.00. The number of amides is 2. The molecule has 34 heavy (non-hydrogen) atoms. The highest BCUT2D eigenvalue weighted by Gasteiger charge is 2.27. The molecule has 1 aliphatic heterocycles. The normalized spacial score (nSPS) is 12.9. The van der Waals surface area contributed by atoms with Crippen molar-refractivity contribution in [3.8, 4) is 11.3 Å². The minimum absolute atomic E-state index is 0.0812. The highest BCUT2D eigenvalue weighted by atomic mass is 32.1. The summed E-state index contributed by atoms with van der Waals surface area (Å²) in [4.78, 5) is 33.7. The Labute approximate surface area is 201 Å². The molecular weight excluding hydrogens is 448 g/mol. The van der Waals surface area contributed by atoms with Crippen molar-refractivity contribution in [2.24, 2.45) is 0 Å². The van der Waals surface area contributed by atoms with E-state index in [1.807, 2.05) is 62.5 Å². The Morgan fingerprint density at radius 3 is 2.74 bits per heavy atom. The average molecular weight is 473 g/mol. The lowest BCUT2D eigenvalue weighted by atomic mass is 9.94. The highest BCUT2D eigenvalue weighted by molar-refractivity contribution is 7.13. The SMILES string of the molecule is Cc1ccc(C(=O)NCc2c(C)ncc3c2CCN(C(=O)c2cc(-c4ccccc4)no2)C3)s1. The molecule has 0 fully saturated rings. The molecule has 1 N–H and O–H groups in total. The second-order valence-electron chi connectivity index (χ2n) is 8.34. The Bertz CT molecular complexity index is 1360. The minimum atomic E-state index is -0.191. The van der Waals surface area contributed by atoms with Crippen molar-refractivity contribution in [1.82, 2.24) is 20.4 Å². The van der Waals surface area contributed by atoms with Crippen molar-refractivity contribution in [2.75, 3.05) is 6.54 Å². The molecule has 1 aliphatic rings. The fraction of sp³-hybridized carbons (Fsp3) is 0.231. The summed E-state index contributed by atoms with van der Waals surface area (Å²) in [5.41, 5.74) is 5.60. The molecule has 8 heteroatoms. The molecule has 3 aromatic heterocycles. The van der Waals surface area contributed by atoms with Gasteiger partial charge < -0.3 is 14.7 Å². The van der Waals surface area contributed by atoms with Crippen molar-refractivity contribution >= 4 is 23.2 Å². The van der Waals surface area contributed by atoms with E-state index in [0.717, 1.165) is 32.8 Å². The van der Waals surface area contributed by atoms with E-state index in [2.05, 4.69) is 15.5 Å². The Morgan fingerprint density at radius 2 is 1.97 bits per heavy atom. The van der Waals surface area contributed by atoms with Crippen LogP contribution in [-0.2, 0) is 19.5 Å². The number of carbonyl (C=O) groups excluding carboxylic acids is 2. The van der Waals surface area contributed by atoms with Gasteiger partial charge in [-0.25, -0.2) is 0 Å². The van der Waals surface area contributed by atoms with Crippen LogP contribution < -0.4 is 5.32 Å². The molecule has 2 amide bonds. The van der Waals surface area contributed by atoms with Crippen LogP contribution >= 0.6 is 11.3 Å². The van der Waals surface area contributed by atoms with Crippen LogP contribution in [0.15, 0.2) is 59.3 Å². The molecule has 0 bridgehead atoms. The monoisotopic (exact) mass is 472 g/mol. The van der Waals surface area contributed by atoms with Crippen molar-refractivity contribution in [2.45, 2.75) is 33.4 Å². The summed E-state index contributed by atoms with van der Waals surface area (Å²) in [5.74, 6) is -0.0489. The van der Waals surface area contributed by atoms with Gasteiger partial charge in [0.2, 0.25) is 5.76 Å². The van der Waals surface area contributed by atoms with Gasteiger partial charge in [0.05, 0.1) is 4.88 Å². The topological polar surface area (TPSA) is 88.3 Å². The molecule has 0 atom stereocenters. The lowest BCUT2D eigenvalue weighted by Gasteiger charge is -2.29. The molecule has 4 heterocycles. The van der Waals surface area contributed by atoms with Crippen LogP contribution in [0.3, 0.4) is 0 Å². The van der Waals surface area contributed by atoms with Crippen molar-refractivity contribution in [3.05, 3.63) is 92.6 Å². The summed E-state index contributed by atoms with van der Waals surface area (Å²) in [5, 5.41) is 7.09. The largest absolute Gasteiger partial charge is 0.350 e. The van der Waals surface area contributed by atoms with Crippen LogP contribution in [0.25, 0.3) is 11.3 Å². The zero-order chi connectivity index (χ0) is 23.7. The molecule has 0 aliphatic carbocycles. The van der Waals surface area contributed by atoms with Gasteiger partial charge in [0.1, 0.15) is 5.69 Å². The number of carbonyl (C=O) groups is 2. The molecular formula is C26H24N4O3S. The summed E-state index contributed by atoms with van der Waals surface area (Å²) in [6.45, 7) is 5.34. The number of aromatic nitrogens is 2. The standard InChI is InChI=1S/C26H24N4O3S/c1-16-8-9-24(34-16)25(31)28-14-21-17(2)27-13-19-15-30(11-10-20(19)21)26(32)23-12-22(29-33-23)18-6-4-3-5-7-18/h3-9,12-13H,10-11,14-15H2,1-2H3,(H,28,31). The third-order valence-corrected chi connectivity index (χ3v) is 7.06. The molecule has 4 aromatic rings. The van der Waals surface area contributed by atoms with E-state index in [-0.39, 0.29) is 17.6 Å². The van der Waals surface area contributed by atoms with E-state index in [0.29, 0.717) is 36.6 Å². The van der Waals surface area contributed by atoms with Gasteiger partial charge in [-0.2, -0.15) is 0 Å². The lowest BCUT2D eigenvalue weighted by molar-refractivity contribution is 0.0692. The molecule has 172 valence electrons. The molecule has 5 rings (SSSR count). The average Bonchev–Trinajstić information content (AvgIpc) is 3.53. The van der Waals surface area contributed by atoms with Crippen molar-refractivity contribution < 1.29 is 14.1 Å². The van der Waals surface area contributed by atoms with Crippen LogP contribution in [0, 0.1) is 13.8 Å². The number of pyridine rings is 1. The highest BCUT2D eigenvalue weighted by Crippen LogP contribution is 2.26. The first kappa shape index (κ1) is 22.0. The van der Waals surface area contributed by atoms with Crippen LogP contribution in [-0.4, -0.2) is 33.4 Å². The number of hydrogen-bond acceptors (Lipinski definition) is 6. The third kappa shape index (κ3) is 4.36. The Kier molecular flexibility index (Phi) is 5.98. The van der Waals surface area contributed by atoms with E-state index < -0.39 is 0 Å². The van der Waals surface area contributed by atoms with Gasteiger partial charge in [-0.1, -0.05) is 35.5 Å². The Balaban J connectivity index is 1.30. The first-order valence-corrected chi connectivity index (χ1v) is 11.9. The Hall–Kier alpha value is -3.78. The smallest absolute Gasteiger partial charge is 0.292 e. The number of nitrogens with one attached hydrogen (secondary N) is 1. The maximum Gasteiger partial charge on any atom is 0.292 e. The Morgan fingerprint density at radius 1 is 1.15 bits per heavy atom. The number of aryl methyl sites for hydroxylation is 2. The zero-order valence-electron chi connectivity index (χ0n) is 19.0. The lowest BCUT2D eigenvalue weighted by Crippen LogP contribution is -2.37. The van der Waals surface area contributed by atoms with Gasteiger partial charge in [-0.3, -0.25) is 14.6 Å². The molecule has 0 saturated carbocycles. The van der Waals surface area contributed by atoms with Gasteiger partial charge in [0, 0.05) is 48.0 Å². The van der Waals surface area contributed by atoms with E-state index in [1.165, 1.54) is 11.3 Å². The van der Waals surface area contributed by atoms with Crippen LogP contribution in [0.5, 0.6) is 0 Å². The molecule has 0 spiro atoms. The molecule has 0 unspecified atom stereocenters. The second-order valence-corrected chi connectivity index (χ2v) is 9.63. The number of benzene rings is 1. The predicted molar refractivity (Wildman–Crippen MR) is 130 cm³/mol. The number of fused-ring (bicyclic) bond motifs is 1. The summed E-state index contributed by atoms with van der Waals surface area (Å²) in [7, 11) is 0. The van der Waals surface area contributed by atoms with Gasteiger partial charge in [0.15, 0.2) is 0 Å². The number of rotatable bonds is 5. The third-order valence-electron chi connectivity index (χ3n) is 6.06. The van der Waals surface area contributed by atoms with Crippen molar-refractivity contribution in [1.29, 1.82) is 0 Å². The van der Waals surface area contributed by atoms with Crippen LogP contribution in [0.2, 0.25) is 0 Å². The molecule has 7 nitrogen and oxygen atoms in total. The number of nitrogens with zero attached hydrogens (tertiary/aromatic N) is 3. The van der Waals surface area contributed by atoms with E-state index in [9.17, 15) is 9.59 Å². The van der Waals surface area contributed by atoms with Gasteiger partial charge in [-0.15, -0.1) is 11.3 Å². The summed E-state index contributed by atoms with van der Waals surface area (Å²) in [6.07, 6.45) is 2.52. The zero-order valence-corrected chi connectivity index (χ0v) is 19.8. The van der Waals surface area contributed by atoms with E-state index >= 15 is 0 Å². The molecule has 1 aromatic carbocycles. The minimum Gasteiger partial charge on any atom is -0.350 e. The fourth-order valence-electron chi connectivity index (χ4n) is 4.22. The van der Waals surface area contributed by atoms with Gasteiger partial charge in [0.25, 0.3) is 11.8 Å². The van der Waals surface area contributed by atoms with Crippen LogP contribution in [0.1, 0.15) is 47.5 Å². The van der Waals surface area contributed by atoms with Gasteiger partial charge >= 0.3 is 0 Å². The van der Waals surface area contributed by atoms with E-state index in [1.54, 1.807) is 11.0 Å². The van der Waals surface area contributed by atoms with Gasteiger partial charge in [-0.05, 0) is 49.1 Å². The second kappa shape index (κ2) is 9.23. The van der Waals surface area contributed by atoms with Crippen molar-refractivity contribution in [3.63, 3.8) is 0 Å². The first-order chi connectivity index (χ1) is 16.5. The predicted octanol–water partition coefficient (Wildman–Crippen LogP) is 4.54. The maximum atomic E-state index is 13.1. The maximum absolute atomic E-state index is 13.1. The first-order valence-electron chi connectivity index (χ1n) is 11.1. The number of thiophene rings is 1. The summed E-state index contributed by atoms with van der Waals surface area (Å²) < 4.78 is 5.37. The molecule has 0 radical (unpaired) electrons. The van der Waals surface area contributed by atoms with Crippen LogP contribution in [0.4, 0.5) is 0 Å².